The van der Waals surface area contributed by atoms with Crippen LogP contribution in [0.15, 0.2) is 0 Å². The van der Waals surface area contributed by atoms with Gasteiger partial charge in [0.05, 0.1) is 22.8 Å². The zero-order valence-corrected chi connectivity index (χ0v) is 13.4. The van der Waals surface area contributed by atoms with E-state index in [1.165, 1.54) is 32.1 Å². The number of nitrogens with zero attached hydrogens (tertiary/aromatic N) is 2. The van der Waals surface area contributed by atoms with E-state index in [2.05, 4.69) is 5.10 Å². The first-order valence-corrected chi connectivity index (χ1v) is 8.24. The summed E-state index contributed by atoms with van der Waals surface area (Å²) in [6, 6.07) is 0. The van der Waals surface area contributed by atoms with Crippen LogP contribution >= 0.6 is 11.6 Å². The monoisotopic (exact) mass is 296 g/mol. The first kappa shape index (κ1) is 15.6. The Morgan fingerprint density at radius 2 is 1.85 bits per heavy atom. The summed E-state index contributed by atoms with van der Waals surface area (Å²) in [5, 5.41) is 5.08. The van der Waals surface area contributed by atoms with E-state index in [4.69, 9.17) is 11.6 Å². The zero-order chi connectivity index (χ0) is 14.5. The van der Waals surface area contributed by atoms with Crippen molar-refractivity contribution in [1.29, 1.82) is 0 Å². The minimum Gasteiger partial charge on any atom is -0.299 e. The van der Waals surface area contributed by atoms with Crippen LogP contribution in [-0.2, 0) is 24.7 Å². The molecule has 2 rings (SSSR count). The summed E-state index contributed by atoms with van der Waals surface area (Å²) in [6.07, 6.45) is 9.60. The van der Waals surface area contributed by atoms with E-state index in [1.807, 2.05) is 14.0 Å². The van der Waals surface area contributed by atoms with Gasteiger partial charge in [-0.1, -0.05) is 50.6 Å². The Kier molecular flexibility index (Phi) is 5.64. The van der Waals surface area contributed by atoms with Crippen LogP contribution in [-0.4, -0.2) is 15.6 Å². The molecular weight excluding hydrogens is 272 g/mol. The van der Waals surface area contributed by atoms with Crippen molar-refractivity contribution in [3.8, 4) is 0 Å². The molecule has 1 aliphatic rings. The van der Waals surface area contributed by atoms with Crippen LogP contribution in [0.2, 0.25) is 5.02 Å². The zero-order valence-electron chi connectivity index (χ0n) is 12.6. The van der Waals surface area contributed by atoms with Gasteiger partial charge in [-0.2, -0.15) is 5.10 Å². The fraction of sp³-hybridized carbons (Fsp3) is 0.750. The lowest BCUT2D eigenvalue weighted by Gasteiger charge is -2.18. The number of aryl methyl sites for hydroxylation is 2. The van der Waals surface area contributed by atoms with Gasteiger partial charge < -0.3 is 0 Å². The average molecular weight is 297 g/mol. The number of carbonyl (C=O) groups excluding carboxylic acids is 1. The van der Waals surface area contributed by atoms with Crippen molar-refractivity contribution in [2.75, 3.05) is 0 Å². The molecule has 0 radical (unpaired) electrons. The van der Waals surface area contributed by atoms with E-state index >= 15 is 0 Å². The van der Waals surface area contributed by atoms with E-state index in [0.717, 1.165) is 30.7 Å². The Morgan fingerprint density at radius 3 is 2.40 bits per heavy atom. The molecule has 20 heavy (non-hydrogen) atoms. The highest BCUT2D eigenvalue weighted by atomic mass is 35.5. The average Bonchev–Trinajstić information content (AvgIpc) is 2.65. The standard InChI is InChI=1S/C16H25ClN2O/c1-3-13-16(17)14(19(2)18-13)11-15(20)12-9-7-5-4-6-8-10-12/h12H,3-11H2,1-2H3. The SMILES string of the molecule is CCc1nn(C)c(CC(=O)C2CCCCCCC2)c1Cl. The predicted molar refractivity (Wildman–Crippen MR) is 82.1 cm³/mol. The van der Waals surface area contributed by atoms with Gasteiger partial charge >= 0.3 is 0 Å². The number of carbonyl (C=O) groups is 1. The van der Waals surface area contributed by atoms with Gasteiger partial charge in [-0.15, -0.1) is 0 Å². The third-order valence-electron chi connectivity index (χ3n) is 4.41. The third kappa shape index (κ3) is 3.63. The lowest BCUT2D eigenvalue weighted by atomic mass is 9.86. The minimum atomic E-state index is 0.228. The van der Waals surface area contributed by atoms with Crippen LogP contribution < -0.4 is 0 Å². The number of rotatable bonds is 4. The molecule has 1 aliphatic carbocycles. The second-order valence-electron chi connectivity index (χ2n) is 5.87. The smallest absolute Gasteiger partial charge is 0.141 e. The Hall–Kier alpha value is -0.830. The summed E-state index contributed by atoms with van der Waals surface area (Å²) in [5.74, 6) is 0.575. The molecule has 1 aromatic heterocycles. The maximum Gasteiger partial charge on any atom is 0.141 e. The van der Waals surface area contributed by atoms with Crippen molar-refractivity contribution >= 4 is 17.4 Å². The highest BCUT2D eigenvalue weighted by molar-refractivity contribution is 6.32. The van der Waals surface area contributed by atoms with Crippen molar-refractivity contribution < 1.29 is 4.79 Å². The molecule has 0 saturated heterocycles. The first-order valence-electron chi connectivity index (χ1n) is 7.86. The van der Waals surface area contributed by atoms with Crippen molar-refractivity contribution in [3.63, 3.8) is 0 Å². The molecule has 3 nitrogen and oxygen atoms in total. The van der Waals surface area contributed by atoms with Gasteiger partial charge in [-0.25, -0.2) is 0 Å². The van der Waals surface area contributed by atoms with Gasteiger partial charge in [0.25, 0.3) is 0 Å². The van der Waals surface area contributed by atoms with E-state index in [-0.39, 0.29) is 5.92 Å². The van der Waals surface area contributed by atoms with Crippen LogP contribution in [0.25, 0.3) is 0 Å². The molecule has 1 fully saturated rings. The highest BCUT2D eigenvalue weighted by Gasteiger charge is 2.23. The van der Waals surface area contributed by atoms with Crippen LogP contribution in [0.3, 0.4) is 0 Å². The molecule has 4 heteroatoms. The van der Waals surface area contributed by atoms with E-state index in [9.17, 15) is 4.79 Å². The molecule has 0 aromatic carbocycles. The Bertz CT molecular complexity index is 459. The molecule has 0 atom stereocenters. The lowest BCUT2D eigenvalue weighted by molar-refractivity contribution is -0.122. The quantitative estimate of drug-likeness (QED) is 0.838. The summed E-state index contributed by atoms with van der Waals surface area (Å²) in [6.45, 7) is 2.04. The number of hydrogen-bond acceptors (Lipinski definition) is 2. The lowest BCUT2D eigenvalue weighted by Crippen LogP contribution is -2.19. The highest BCUT2D eigenvalue weighted by Crippen LogP contribution is 2.27. The van der Waals surface area contributed by atoms with Crippen molar-refractivity contribution in [3.05, 3.63) is 16.4 Å². The second kappa shape index (κ2) is 7.26. The molecule has 0 aliphatic heterocycles. The number of aromatic nitrogens is 2. The van der Waals surface area contributed by atoms with Crippen LogP contribution in [0.4, 0.5) is 0 Å². The number of halogens is 1. The van der Waals surface area contributed by atoms with Gasteiger partial charge in [0.2, 0.25) is 0 Å². The van der Waals surface area contributed by atoms with Crippen LogP contribution in [0, 0.1) is 5.92 Å². The van der Waals surface area contributed by atoms with Crippen molar-refractivity contribution in [1.82, 2.24) is 9.78 Å². The molecule has 1 aromatic rings. The van der Waals surface area contributed by atoms with Crippen molar-refractivity contribution in [2.24, 2.45) is 13.0 Å². The van der Waals surface area contributed by atoms with Gasteiger partial charge in [0.15, 0.2) is 0 Å². The van der Waals surface area contributed by atoms with E-state index in [1.54, 1.807) is 4.68 Å². The number of ketones is 1. The molecule has 0 bridgehead atoms. The van der Waals surface area contributed by atoms with E-state index in [0.29, 0.717) is 17.2 Å². The minimum absolute atomic E-state index is 0.228. The van der Waals surface area contributed by atoms with Gasteiger partial charge in [0, 0.05) is 13.0 Å². The van der Waals surface area contributed by atoms with Gasteiger partial charge in [0.1, 0.15) is 5.78 Å². The predicted octanol–water partition coefficient (Wildman–Crippen LogP) is 4.11. The molecule has 1 saturated carbocycles. The Morgan fingerprint density at radius 1 is 1.25 bits per heavy atom. The van der Waals surface area contributed by atoms with Gasteiger partial charge in [-0.05, 0) is 19.3 Å². The molecule has 112 valence electrons. The Balaban J connectivity index is 2.04. The maximum absolute atomic E-state index is 12.5. The molecule has 0 spiro atoms. The molecule has 0 amide bonds. The molecule has 0 unspecified atom stereocenters. The summed E-state index contributed by atoms with van der Waals surface area (Å²) in [5.41, 5.74) is 1.78. The summed E-state index contributed by atoms with van der Waals surface area (Å²) >= 11 is 6.34. The molecule has 1 heterocycles. The summed E-state index contributed by atoms with van der Waals surface area (Å²) < 4.78 is 1.78. The van der Waals surface area contributed by atoms with Crippen LogP contribution in [0.5, 0.6) is 0 Å². The summed E-state index contributed by atoms with van der Waals surface area (Å²) in [4.78, 5) is 12.5. The number of Topliss-reactive ketones (excluding diaryl/α,β-unsaturated/α-hetero) is 1. The summed E-state index contributed by atoms with van der Waals surface area (Å²) in [7, 11) is 1.88. The normalized spacial score (nSPS) is 17.8. The largest absolute Gasteiger partial charge is 0.299 e. The fourth-order valence-electron chi connectivity index (χ4n) is 3.10. The number of hydrogen-bond donors (Lipinski definition) is 0. The first-order chi connectivity index (χ1) is 9.63. The topological polar surface area (TPSA) is 34.9 Å². The second-order valence-corrected chi connectivity index (χ2v) is 6.25. The fourth-order valence-corrected chi connectivity index (χ4v) is 3.46. The molecule has 0 N–H and O–H groups in total. The van der Waals surface area contributed by atoms with Crippen LogP contribution in [0.1, 0.15) is 63.3 Å². The van der Waals surface area contributed by atoms with E-state index < -0.39 is 0 Å². The van der Waals surface area contributed by atoms with Crippen molar-refractivity contribution in [2.45, 2.75) is 64.7 Å². The maximum atomic E-state index is 12.5. The molecular formula is C16H25ClN2O. The van der Waals surface area contributed by atoms with Gasteiger partial charge in [-0.3, -0.25) is 9.48 Å². The third-order valence-corrected chi connectivity index (χ3v) is 4.84. The Labute approximate surface area is 126 Å².